The zero-order chi connectivity index (χ0) is 17.1. The Kier molecular flexibility index (Phi) is 4.86. The molecule has 1 N–H and O–H groups in total. The van der Waals surface area contributed by atoms with Crippen molar-refractivity contribution in [3.05, 3.63) is 51.7 Å². The Bertz CT molecular complexity index is 718. The summed E-state index contributed by atoms with van der Waals surface area (Å²) in [6.45, 7) is 3.81. The number of nitro benzene ring substituents is 1. The Morgan fingerprint density at radius 1 is 1.54 bits per heavy atom. The first-order valence-corrected chi connectivity index (χ1v) is 7.98. The van der Waals surface area contributed by atoms with Crippen molar-refractivity contribution in [2.75, 3.05) is 19.6 Å². The molecule has 1 aromatic carbocycles. The predicted octanol–water partition coefficient (Wildman–Crippen LogP) is 2.20. The third kappa shape index (κ3) is 3.77. The van der Waals surface area contributed by atoms with Crippen LogP contribution in [-0.4, -0.2) is 44.7 Å². The third-order valence-electron chi connectivity index (χ3n) is 4.29. The molecule has 24 heavy (non-hydrogen) atoms. The second kappa shape index (κ2) is 7.06. The van der Waals surface area contributed by atoms with Gasteiger partial charge in [-0.05, 0) is 31.9 Å². The number of nitrogens with zero attached hydrogens (tertiary/aromatic N) is 4. The number of piperidine rings is 1. The molecule has 0 amide bonds. The first kappa shape index (κ1) is 16.5. The number of nitro groups is 1. The van der Waals surface area contributed by atoms with E-state index in [1.807, 2.05) is 0 Å². The maximum atomic E-state index is 10.9. The molecule has 0 radical (unpaired) electrons. The monoisotopic (exact) mass is 332 g/mol. The Balaban J connectivity index is 1.64. The zero-order valence-electron chi connectivity index (χ0n) is 13.5. The molecule has 0 bridgehead atoms. The predicted molar refractivity (Wildman–Crippen MR) is 85.5 cm³/mol. The molecule has 3 rings (SSSR count). The van der Waals surface area contributed by atoms with Crippen molar-refractivity contribution >= 4 is 5.69 Å². The fourth-order valence-corrected chi connectivity index (χ4v) is 3.10. The number of non-ortho nitro benzene ring substituents is 1. The van der Waals surface area contributed by atoms with Crippen LogP contribution in [0.3, 0.4) is 0 Å². The topological polar surface area (TPSA) is 106 Å². The molecular weight excluding hydrogens is 312 g/mol. The Hall–Kier alpha value is -2.32. The number of aliphatic hydroxyl groups excluding tert-OH is 1. The highest BCUT2D eigenvalue weighted by molar-refractivity contribution is 5.35. The fourth-order valence-electron chi connectivity index (χ4n) is 3.10. The number of aryl methyl sites for hydroxylation is 1. The molecule has 8 heteroatoms. The Labute approximate surface area is 139 Å². The van der Waals surface area contributed by atoms with Crippen LogP contribution in [0.2, 0.25) is 0 Å². The summed E-state index contributed by atoms with van der Waals surface area (Å²) in [7, 11) is 0. The van der Waals surface area contributed by atoms with Gasteiger partial charge in [0.15, 0.2) is 5.82 Å². The Morgan fingerprint density at radius 2 is 2.38 bits per heavy atom. The van der Waals surface area contributed by atoms with E-state index in [1.165, 1.54) is 12.1 Å². The minimum Gasteiger partial charge on any atom is -0.387 e. The highest BCUT2D eigenvalue weighted by Crippen LogP contribution is 2.27. The van der Waals surface area contributed by atoms with Crippen LogP contribution in [-0.2, 0) is 0 Å². The van der Waals surface area contributed by atoms with Crippen molar-refractivity contribution in [1.82, 2.24) is 15.0 Å². The van der Waals surface area contributed by atoms with E-state index in [9.17, 15) is 15.2 Å². The van der Waals surface area contributed by atoms with Crippen LogP contribution in [0.4, 0.5) is 5.69 Å². The van der Waals surface area contributed by atoms with Crippen LogP contribution < -0.4 is 0 Å². The van der Waals surface area contributed by atoms with Gasteiger partial charge in [-0.25, -0.2) is 0 Å². The number of hydrogen-bond acceptors (Lipinski definition) is 7. The standard InChI is InChI=1S/C16H20N4O4/c1-11-17-16(24-18-11)13-5-3-7-19(9-13)10-15(21)12-4-2-6-14(8-12)20(22)23/h2,4,6,8,13,15,21H,3,5,7,9-10H2,1H3. The lowest BCUT2D eigenvalue weighted by molar-refractivity contribution is -0.385. The minimum atomic E-state index is -0.770. The number of hydrogen-bond donors (Lipinski definition) is 1. The second-order valence-corrected chi connectivity index (χ2v) is 6.15. The normalized spacial score (nSPS) is 20.0. The van der Waals surface area contributed by atoms with Gasteiger partial charge in [0.25, 0.3) is 5.69 Å². The fraction of sp³-hybridized carbons (Fsp3) is 0.500. The minimum absolute atomic E-state index is 0.00981. The van der Waals surface area contributed by atoms with Crippen molar-refractivity contribution in [2.45, 2.75) is 31.8 Å². The van der Waals surface area contributed by atoms with Crippen LogP contribution in [0.15, 0.2) is 28.8 Å². The van der Waals surface area contributed by atoms with E-state index in [0.29, 0.717) is 23.8 Å². The lowest BCUT2D eigenvalue weighted by Crippen LogP contribution is -2.37. The maximum Gasteiger partial charge on any atom is 0.269 e. The van der Waals surface area contributed by atoms with E-state index < -0.39 is 11.0 Å². The van der Waals surface area contributed by atoms with E-state index in [0.717, 1.165) is 25.9 Å². The van der Waals surface area contributed by atoms with Crippen LogP contribution in [0.25, 0.3) is 0 Å². The van der Waals surface area contributed by atoms with Gasteiger partial charge in [0, 0.05) is 25.2 Å². The van der Waals surface area contributed by atoms with E-state index in [-0.39, 0.29) is 11.6 Å². The number of benzene rings is 1. The molecule has 0 saturated carbocycles. The van der Waals surface area contributed by atoms with Crippen molar-refractivity contribution in [3.8, 4) is 0 Å². The molecule has 1 fully saturated rings. The van der Waals surface area contributed by atoms with Gasteiger partial charge in [0.2, 0.25) is 5.89 Å². The lowest BCUT2D eigenvalue weighted by Gasteiger charge is -2.32. The summed E-state index contributed by atoms with van der Waals surface area (Å²) < 4.78 is 5.26. The summed E-state index contributed by atoms with van der Waals surface area (Å²) in [4.78, 5) is 16.8. The highest BCUT2D eigenvalue weighted by atomic mass is 16.6. The smallest absolute Gasteiger partial charge is 0.269 e. The number of β-amino-alcohol motifs (C(OH)–C–C–N with tert-alkyl or cyclic N) is 1. The van der Waals surface area contributed by atoms with E-state index >= 15 is 0 Å². The van der Waals surface area contributed by atoms with Crippen molar-refractivity contribution in [3.63, 3.8) is 0 Å². The van der Waals surface area contributed by atoms with Crippen LogP contribution >= 0.6 is 0 Å². The lowest BCUT2D eigenvalue weighted by atomic mass is 9.97. The molecule has 0 spiro atoms. The zero-order valence-corrected chi connectivity index (χ0v) is 13.5. The average Bonchev–Trinajstić information content (AvgIpc) is 3.02. The maximum absolute atomic E-state index is 10.9. The van der Waals surface area contributed by atoms with Crippen molar-refractivity contribution in [1.29, 1.82) is 0 Å². The van der Waals surface area contributed by atoms with Gasteiger partial charge >= 0.3 is 0 Å². The quantitative estimate of drug-likeness (QED) is 0.661. The van der Waals surface area contributed by atoms with Gasteiger partial charge in [0.1, 0.15) is 0 Å². The SMILES string of the molecule is Cc1noc(C2CCCN(CC(O)c3cccc([N+](=O)[O-])c3)C2)n1. The first-order valence-electron chi connectivity index (χ1n) is 7.98. The van der Waals surface area contributed by atoms with E-state index in [1.54, 1.807) is 19.1 Å². The molecule has 0 aliphatic carbocycles. The molecule has 2 unspecified atom stereocenters. The molecule has 2 atom stereocenters. The van der Waals surface area contributed by atoms with Crippen molar-refractivity contribution in [2.24, 2.45) is 0 Å². The summed E-state index contributed by atoms with van der Waals surface area (Å²) in [5.41, 5.74) is 0.546. The molecule has 8 nitrogen and oxygen atoms in total. The largest absolute Gasteiger partial charge is 0.387 e. The molecular formula is C16H20N4O4. The van der Waals surface area contributed by atoms with E-state index in [4.69, 9.17) is 4.52 Å². The number of rotatable bonds is 5. The van der Waals surface area contributed by atoms with Gasteiger partial charge in [-0.15, -0.1) is 0 Å². The summed E-state index contributed by atoms with van der Waals surface area (Å²) in [5, 5.41) is 25.1. The molecule has 128 valence electrons. The Morgan fingerprint density at radius 3 is 3.08 bits per heavy atom. The molecule has 1 aliphatic rings. The average molecular weight is 332 g/mol. The summed E-state index contributed by atoms with van der Waals surface area (Å²) in [6.07, 6.45) is 1.19. The summed E-state index contributed by atoms with van der Waals surface area (Å²) in [6, 6.07) is 6.15. The van der Waals surface area contributed by atoms with E-state index in [2.05, 4.69) is 15.0 Å². The van der Waals surface area contributed by atoms with Crippen LogP contribution in [0.5, 0.6) is 0 Å². The van der Waals surface area contributed by atoms with Gasteiger partial charge in [0.05, 0.1) is 16.9 Å². The van der Waals surface area contributed by atoms with Crippen LogP contribution in [0, 0.1) is 17.0 Å². The third-order valence-corrected chi connectivity index (χ3v) is 4.29. The van der Waals surface area contributed by atoms with Gasteiger partial charge in [-0.3, -0.25) is 15.0 Å². The second-order valence-electron chi connectivity index (χ2n) is 6.15. The first-order chi connectivity index (χ1) is 11.5. The number of aromatic nitrogens is 2. The molecule has 1 saturated heterocycles. The van der Waals surface area contributed by atoms with Crippen molar-refractivity contribution < 1.29 is 14.6 Å². The molecule has 2 heterocycles. The highest BCUT2D eigenvalue weighted by Gasteiger charge is 2.27. The molecule has 2 aromatic rings. The summed E-state index contributed by atoms with van der Waals surface area (Å²) in [5.74, 6) is 1.43. The van der Waals surface area contributed by atoms with Gasteiger partial charge in [-0.1, -0.05) is 17.3 Å². The summed E-state index contributed by atoms with van der Waals surface area (Å²) >= 11 is 0. The number of aliphatic hydroxyl groups is 1. The van der Waals surface area contributed by atoms with Gasteiger partial charge < -0.3 is 9.63 Å². The molecule has 1 aromatic heterocycles. The van der Waals surface area contributed by atoms with Gasteiger partial charge in [-0.2, -0.15) is 4.98 Å². The molecule has 1 aliphatic heterocycles. The number of likely N-dealkylation sites (tertiary alicyclic amines) is 1. The van der Waals surface area contributed by atoms with Crippen LogP contribution in [0.1, 0.15) is 42.1 Å².